The van der Waals surface area contributed by atoms with Crippen LogP contribution in [0.4, 0.5) is 11.4 Å². The Balaban J connectivity index is 0.00000155. The lowest BCUT2D eigenvalue weighted by Crippen LogP contribution is -2.11. The van der Waals surface area contributed by atoms with E-state index in [1.807, 2.05) is 19.9 Å². The van der Waals surface area contributed by atoms with Gasteiger partial charge in [0, 0.05) is 22.3 Å². The maximum absolute atomic E-state index is 12.3. The van der Waals surface area contributed by atoms with Gasteiger partial charge in [-0.05, 0) is 48.5 Å². The molecule has 0 bridgehead atoms. The third-order valence-electron chi connectivity index (χ3n) is 3.77. The number of hydrogen-bond acceptors (Lipinski definition) is 5. The first kappa shape index (κ1) is 22.8. The topological polar surface area (TPSA) is 98.7 Å². The molecule has 0 aromatic heterocycles. The van der Waals surface area contributed by atoms with E-state index in [9.17, 15) is 19.8 Å². The molecule has 3 aromatic carbocycles. The second-order valence-corrected chi connectivity index (χ2v) is 7.11. The van der Waals surface area contributed by atoms with Gasteiger partial charge in [0.05, 0.1) is 11.4 Å². The Hall–Kier alpha value is -3.45. The summed E-state index contributed by atoms with van der Waals surface area (Å²) < 4.78 is 0. The maximum atomic E-state index is 12.3. The van der Waals surface area contributed by atoms with Crippen LogP contribution in [0.25, 0.3) is 0 Å². The standard InChI is InChI=1S/C21H18N2O4S.C2H6/c1-13(24)22-17-11-15(7-9-19(17)25)28-16-8-10-20(26)18(12-16)23-21(27)14-5-3-2-4-6-14;1-2/h2-12,25-26H,1H3,(H,22,24)(H,23,27);1-2H3. The van der Waals surface area contributed by atoms with E-state index in [1.165, 1.54) is 30.8 Å². The fourth-order valence-electron chi connectivity index (χ4n) is 2.47. The van der Waals surface area contributed by atoms with Crippen molar-refractivity contribution in [1.29, 1.82) is 0 Å². The van der Waals surface area contributed by atoms with Crippen molar-refractivity contribution in [2.24, 2.45) is 0 Å². The molecular weight excluding hydrogens is 400 g/mol. The number of amides is 2. The van der Waals surface area contributed by atoms with Crippen molar-refractivity contribution in [3.63, 3.8) is 0 Å². The van der Waals surface area contributed by atoms with Gasteiger partial charge in [-0.1, -0.05) is 43.8 Å². The molecule has 0 atom stereocenters. The molecule has 3 rings (SSSR count). The molecule has 0 unspecified atom stereocenters. The Labute approximate surface area is 180 Å². The largest absolute Gasteiger partial charge is 0.506 e. The van der Waals surface area contributed by atoms with E-state index >= 15 is 0 Å². The molecule has 0 saturated carbocycles. The van der Waals surface area contributed by atoms with Crippen LogP contribution >= 0.6 is 11.8 Å². The van der Waals surface area contributed by atoms with Crippen molar-refractivity contribution in [1.82, 2.24) is 0 Å². The summed E-state index contributed by atoms with van der Waals surface area (Å²) in [7, 11) is 0. The van der Waals surface area contributed by atoms with Crippen LogP contribution in [-0.2, 0) is 4.79 Å². The fourth-order valence-corrected chi connectivity index (χ4v) is 3.37. The summed E-state index contributed by atoms with van der Waals surface area (Å²) in [5, 5.41) is 25.2. The number of anilines is 2. The van der Waals surface area contributed by atoms with Gasteiger partial charge in [-0.2, -0.15) is 0 Å². The first-order valence-electron chi connectivity index (χ1n) is 9.40. The zero-order valence-electron chi connectivity index (χ0n) is 17.0. The minimum absolute atomic E-state index is 0.0268. The van der Waals surface area contributed by atoms with E-state index in [0.717, 1.165) is 9.79 Å². The number of carbonyl (C=O) groups is 2. The number of phenolic OH excluding ortho intramolecular Hbond substituents is 2. The summed E-state index contributed by atoms with van der Waals surface area (Å²) in [5.41, 5.74) is 1.09. The average molecular weight is 425 g/mol. The first-order valence-corrected chi connectivity index (χ1v) is 10.2. The molecular formula is C23H24N2O4S. The minimum Gasteiger partial charge on any atom is -0.506 e. The predicted octanol–water partition coefficient (Wildman–Crippen LogP) is 5.49. The highest BCUT2D eigenvalue weighted by Crippen LogP contribution is 2.36. The minimum atomic E-state index is -0.323. The van der Waals surface area contributed by atoms with Gasteiger partial charge >= 0.3 is 0 Å². The molecule has 0 aliphatic rings. The summed E-state index contributed by atoms with van der Waals surface area (Å²) in [6.07, 6.45) is 0. The van der Waals surface area contributed by atoms with Crippen LogP contribution in [0.1, 0.15) is 31.1 Å². The predicted molar refractivity (Wildman–Crippen MR) is 120 cm³/mol. The number of carbonyl (C=O) groups excluding carboxylic acids is 2. The summed E-state index contributed by atoms with van der Waals surface area (Å²) >= 11 is 1.36. The second-order valence-electron chi connectivity index (χ2n) is 5.96. The smallest absolute Gasteiger partial charge is 0.255 e. The number of benzene rings is 3. The van der Waals surface area contributed by atoms with Crippen LogP contribution in [-0.4, -0.2) is 22.0 Å². The van der Waals surface area contributed by atoms with Crippen LogP contribution in [0, 0.1) is 0 Å². The van der Waals surface area contributed by atoms with Gasteiger partial charge < -0.3 is 20.8 Å². The van der Waals surface area contributed by atoms with Crippen LogP contribution in [0.5, 0.6) is 11.5 Å². The molecule has 0 saturated heterocycles. The number of nitrogens with one attached hydrogen (secondary N) is 2. The Kier molecular flexibility index (Phi) is 8.31. The normalized spacial score (nSPS) is 9.83. The summed E-state index contributed by atoms with van der Waals surface area (Å²) in [4.78, 5) is 25.1. The van der Waals surface area contributed by atoms with Crippen molar-refractivity contribution in [3.05, 3.63) is 72.3 Å². The van der Waals surface area contributed by atoms with E-state index in [0.29, 0.717) is 16.9 Å². The lowest BCUT2D eigenvalue weighted by atomic mass is 10.2. The van der Waals surface area contributed by atoms with E-state index in [4.69, 9.17) is 0 Å². The van der Waals surface area contributed by atoms with Crippen molar-refractivity contribution in [2.75, 3.05) is 10.6 Å². The Morgan fingerprint density at radius 2 is 1.27 bits per heavy atom. The molecule has 0 fully saturated rings. The Bertz CT molecular complexity index is 1020. The second kappa shape index (κ2) is 10.9. The van der Waals surface area contributed by atoms with Gasteiger partial charge in [0.25, 0.3) is 5.91 Å². The number of rotatable bonds is 5. The van der Waals surface area contributed by atoms with Gasteiger partial charge in [0.2, 0.25) is 5.91 Å². The molecule has 0 spiro atoms. The third-order valence-corrected chi connectivity index (χ3v) is 4.75. The zero-order chi connectivity index (χ0) is 22.1. The lowest BCUT2D eigenvalue weighted by Gasteiger charge is -2.11. The highest BCUT2D eigenvalue weighted by Gasteiger charge is 2.11. The van der Waals surface area contributed by atoms with Gasteiger partial charge in [0.1, 0.15) is 11.5 Å². The molecule has 0 aliphatic heterocycles. The number of aromatic hydroxyl groups is 2. The Morgan fingerprint density at radius 1 is 0.767 bits per heavy atom. The molecule has 30 heavy (non-hydrogen) atoms. The quantitative estimate of drug-likeness (QED) is 0.406. The maximum Gasteiger partial charge on any atom is 0.255 e. The summed E-state index contributed by atoms with van der Waals surface area (Å²) in [6, 6.07) is 18.4. The Morgan fingerprint density at radius 3 is 1.77 bits per heavy atom. The molecule has 3 aromatic rings. The molecule has 0 aliphatic carbocycles. The van der Waals surface area contributed by atoms with Crippen LogP contribution in [0.3, 0.4) is 0 Å². The van der Waals surface area contributed by atoms with E-state index < -0.39 is 0 Å². The van der Waals surface area contributed by atoms with Gasteiger partial charge in [0.15, 0.2) is 0 Å². The van der Waals surface area contributed by atoms with Crippen molar-refractivity contribution in [2.45, 2.75) is 30.6 Å². The number of hydrogen-bond donors (Lipinski definition) is 4. The molecule has 156 valence electrons. The summed E-state index contributed by atoms with van der Waals surface area (Å²) in [5.74, 6) is -0.678. The number of phenols is 2. The van der Waals surface area contributed by atoms with E-state index in [2.05, 4.69) is 10.6 Å². The highest BCUT2D eigenvalue weighted by atomic mass is 32.2. The molecule has 0 heterocycles. The van der Waals surface area contributed by atoms with Gasteiger partial charge in [-0.25, -0.2) is 0 Å². The van der Waals surface area contributed by atoms with E-state index in [-0.39, 0.29) is 23.3 Å². The monoisotopic (exact) mass is 424 g/mol. The van der Waals surface area contributed by atoms with Crippen molar-refractivity contribution >= 4 is 35.0 Å². The van der Waals surface area contributed by atoms with Crippen molar-refractivity contribution in [3.8, 4) is 11.5 Å². The SMILES string of the molecule is CC.CC(=O)Nc1cc(Sc2ccc(O)c(NC(=O)c3ccccc3)c2)ccc1O. The van der Waals surface area contributed by atoms with Crippen LogP contribution in [0.2, 0.25) is 0 Å². The fraction of sp³-hybridized carbons (Fsp3) is 0.130. The molecule has 4 N–H and O–H groups in total. The third kappa shape index (κ3) is 6.28. The molecule has 2 amide bonds. The highest BCUT2D eigenvalue weighted by molar-refractivity contribution is 7.99. The van der Waals surface area contributed by atoms with Gasteiger partial charge in [-0.15, -0.1) is 0 Å². The van der Waals surface area contributed by atoms with Crippen LogP contribution < -0.4 is 10.6 Å². The van der Waals surface area contributed by atoms with Crippen LogP contribution in [0.15, 0.2) is 76.5 Å². The average Bonchev–Trinajstić information content (AvgIpc) is 2.74. The summed E-state index contributed by atoms with van der Waals surface area (Å²) in [6.45, 7) is 5.36. The first-order chi connectivity index (χ1) is 14.4. The molecule has 6 nitrogen and oxygen atoms in total. The van der Waals surface area contributed by atoms with Gasteiger partial charge in [-0.3, -0.25) is 9.59 Å². The lowest BCUT2D eigenvalue weighted by molar-refractivity contribution is -0.114. The van der Waals surface area contributed by atoms with E-state index in [1.54, 1.807) is 48.5 Å². The zero-order valence-corrected chi connectivity index (χ0v) is 17.8. The molecule has 0 radical (unpaired) electrons. The molecule has 7 heteroatoms. The van der Waals surface area contributed by atoms with Crippen molar-refractivity contribution < 1.29 is 19.8 Å².